The van der Waals surface area contributed by atoms with Crippen LogP contribution < -0.4 is 5.32 Å². The van der Waals surface area contributed by atoms with Crippen LogP contribution in [0.2, 0.25) is 0 Å². The minimum Gasteiger partial charge on any atom is -0.478 e. The van der Waals surface area contributed by atoms with E-state index < -0.39 is 5.97 Å². The molecular formula is C12H13N5O3. The summed E-state index contributed by atoms with van der Waals surface area (Å²) in [5.41, 5.74) is 0.683. The average molecular weight is 275 g/mol. The Kier molecular flexibility index (Phi) is 3.94. The highest BCUT2D eigenvalue weighted by Gasteiger charge is 2.11. The number of aromatic nitrogens is 3. The number of anilines is 1. The number of carbonyl (C=O) groups excluding carboxylic acids is 1. The van der Waals surface area contributed by atoms with E-state index in [1.54, 1.807) is 7.05 Å². The number of amides is 2. The summed E-state index contributed by atoms with van der Waals surface area (Å²) in [6.45, 7) is 0.291. The van der Waals surface area contributed by atoms with Crippen LogP contribution in [0.4, 0.5) is 10.5 Å². The van der Waals surface area contributed by atoms with Gasteiger partial charge in [0.1, 0.15) is 12.2 Å². The number of carboxylic acid groups (broad SMARTS) is 1. The third kappa shape index (κ3) is 3.31. The first-order chi connectivity index (χ1) is 9.56. The van der Waals surface area contributed by atoms with Crippen molar-refractivity contribution in [3.63, 3.8) is 0 Å². The van der Waals surface area contributed by atoms with Gasteiger partial charge in [0.2, 0.25) is 0 Å². The minimum absolute atomic E-state index is 0.165. The molecule has 0 saturated heterocycles. The molecule has 2 aromatic rings. The summed E-state index contributed by atoms with van der Waals surface area (Å²) in [5.74, 6) is -0.436. The number of hydrogen-bond donors (Lipinski definition) is 3. The standard InChI is InChI=1S/C12H13N5O3/c1-17(6-10-13-7-14-16-10)12(20)15-9-4-2-8(3-5-9)11(18)19/h2-5,7H,6H2,1H3,(H,15,20)(H,18,19)(H,13,14,16). The van der Waals surface area contributed by atoms with Crippen LogP contribution in [0, 0.1) is 0 Å². The van der Waals surface area contributed by atoms with Crippen molar-refractivity contribution >= 4 is 17.7 Å². The van der Waals surface area contributed by atoms with E-state index in [0.717, 1.165) is 0 Å². The number of benzene rings is 1. The Morgan fingerprint density at radius 3 is 2.60 bits per heavy atom. The van der Waals surface area contributed by atoms with Gasteiger partial charge in [-0.1, -0.05) is 0 Å². The molecular weight excluding hydrogens is 262 g/mol. The number of aromatic amines is 1. The molecule has 1 aromatic heterocycles. The summed E-state index contributed by atoms with van der Waals surface area (Å²) in [7, 11) is 1.61. The molecule has 0 aliphatic carbocycles. The van der Waals surface area contributed by atoms with Crippen molar-refractivity contribution < 1.29 is 14.7 Å². The lowest BCUT2D eigenvalue weighted by molar-refractivity contribution is 0.0697. The fraction of sp³-hybridized carbons (Fsp3) is 0.167. The van der Waals surface area contributed by atoms with E-state index in [4.69, 9.17) is 5.11 Å². The molecule has 0 radical (unpaired) electrons. The molecule has 0 atom stereocenters. The van der Waals surface area contributed by atoms with E-state index in [-0.39, 0.29) is 11.6 Å². The first-order valence-electron chi connectivity index (χ1n) is 5.76. The Morgan fingerprint density at radius 1 is 1.35 bits per heavy atom. The van der Waals surface area contributed by atoms with Crippen LogP contribution >= 0.6 is 0 Å². The molecule has 2 amide bonds. The molecule has 0 fully saturated rings. The van der Waals surface area contributed by atoms with E-state index in [1.807, 2.05) is 0 Å². The quantitative estimate of drug-likeness (QED) is 0.775. The lowest BCUT2D eigenvalue weighted by atomic mass is 10.2. The molecule has 2 rings (SSSR count). The zero-order valence-electron chi connectivity index (χ0n) is 10.7. The monoisotopic (exact) mass is 275 g/mol. The zero-order valence-corrected chi connectivity index (χ0v) is 10.7. The summed E-state index contributed by atoms with van der Waals surface area (Å²) >= 11 is 0. The Bertz CT molecular complexity index is 594. The number of hydrogen-bond acceptors (Lipinski definition) is 4. The molecule has 104 valence electrons. The Balaban J connectivity index is 1.95. The molecule has 0 unspecified atom stereocenters. The van der Waals surface area contributed by atoms with Crippen molar-refractivity contribution in [1.82, 2.24) is 20.1 Å². The molecule has 20 heavy (non-hydrogen) atoms. The van der Waals surface area contributed by atoms with Crippen molar-refractivity contribution in [2.45, 2.75) is 6.54 Å². The van der Waals surface area contributed by atoms with E-state index in [0.29, 0.717) is 18.1 Å². The third-order valence-electron chi connectivity index (χ3n) is 2.58. The largest absolute Gasteiger partial charge is 0.478 e. The number of rotatable bonds is 4. The highest BCUT2D eigenvalue weighted by molar-refractivity contribution is 5.91. The molecule has 0 aliphatic heterocycles. The first kappa shape index (κ1) is 13.5. The second kappa shape index (κ2) is 5.83. The van der Waals surface area contributed by atoms with Crippen molar-refractivity contribution in [3.8, 4) is 0 Å². The number of nitrogens with zero attached hydrogens (tertiary/aromatic N) is 3. The highest BCUT2D eigenvalue weighted by Crippen LogP contribution is 2.10. The molecule has 0 bridgehead atoms. The Labute approximate surface area is 114 Å². The molecule has 3 N–H and O–H groups in total. The number of carbonyl (C=O) groups is 2. The fourth-order valence-electron chi connectivity index (χ4n) is 1.52. The maximum atomic E-state index is 11.9. The van der Waals surface area contributed by atoms with Gasteiger partial charge >= 0.3 is 12.0 Å². The van der Waals surface area contributed by atoms with E-state index in [2.05, 4.69) is 20.5 Å². The van der Waals surface area contributed by atoms with Gasteiger partial charge in [0.25, 0.3) is 0 Å². The van der Waals surface area contributed by atoms with Crippen LogP contribution in [0.25, 0.3) is 0 Å². The number of carboxylic acids is 1. The molecule has 0 saturated carbocycles. The van der Waals surface area contributed by atoms with E-state index in [9.17, 15) is 9.59 Å². The van der Waals surface area contributed by atoms with Gasteiger partial charge in [-0.05, 0) is 24.3 Å². The summed E-state index contributed by atoms with van der Waals surface area (Å²) in [4.78, 5) is 27.9. The lowest BCUT2D eigenvalue weighted by Crippen LogP contribution is -2.31. The summed E-state index contributed by atoms with van der Waals surface area (Å²) in [6.07, 6.45) is 1.37. The van der Waals surface area contributed by atoms with Crippen LogP contribution in [-0.4, -0.2) is 44.2 Å². The number of aromatic carboxylic acids is 1. The molecule has 0 aliphatic rings. The van der Waals surface area contributed by atoms with E-state index >= 15 is 0 Å². The van der Waals surface area contributed by atoms with Crippen LogP contribution in [0.15, 0.2) is 30.6 Å². The van der Waals surface area contributed by atoms with Gasteiger partial charge in [-0.3, -0.25) is 5.10 Å². The van der Waals surface area contributed by atoms with Gasteiger partial charge in [-0.2, -0.15) is 5.10 Å². The summed E-state index contributed by atoms with van der Waals surface area (Å²) < 4.78 is 0. The maximum Gasteiger partial charge on any atom is 0.335 e. The average Bonchev–Trinajstić information content (AvgIpc) is 2.92. The van der Waals surface area contributed by atoms with Crippen molar-refractivity contribution in [2.75, 3.05) is 12.4 Å². The van der Waals surface area contributed by atoms with Gasteiger partial charge in [0.15, 0.2) is 0 Å². The highest BCUT2D eigenvalue weighted by atomic mass is 16.4. The van der Waals surface area contributed by atoms with Gasteiger partial charge in [0, 0.05) is 12.7 Å². The topological polar surface area (TPSA) is 111 Å². The predicted octanol–water partition coefficient (Wildman–Crippen LogP) is 1.17. The van der Waals surface area contributed by atoms with Crippen LogP contribution in [0.5, 0.6) is 0 Å². The predicted molar refractivity (Wildman–Crippen MR) is 70.3 cm³/mol. The lowest BCUT2D eigenvalue weighted by Gasteiger charge is -2.16. The Morgan fingerprint density at radius 2 is 2.05 bits per heavy atom. The second-order valence-corrected chi connectivity index (χ2v) is 4.10. The van der Waals surface area contributed by atoms with Crippen LogP contribution in [0.3, 0.4) is 0 Å². The number of nitrogens with one attached hydrogen (secondary N) is 2. The van der Waals surface area contributed by atoms with E-state index in [1.165, 1.54) is 35.5 Å². The molecule has 0 spiro atoms. The summed E-state index contributed by atoms with van der Waals surface area (Å²) in [5, 5.41) is 17.8. The molecule has 1 aromatic carbocycles. The third-order valence-corrected chi connectivity index (χ3v) is 2.58. The molecule has 8 nitrogen and oxygen atoms in total. The number of H-pyrrole nitrogens is 1. The van der Waals surface area contributed by atoms with Gasteiger partial charge in [-0.25, -0.2) is 14.6 Å². The fourth-order valence-corrected chi connectivity index (χ4v) is 1.52. The zero-order chi connectivity index (χ0) is 14.5. The summed E-state index contributed by atoms with van der Waals surface area (Å²) in [6, 6.07) is 5.58. The van der Waals surface area contributed by atoms with Crippen LogP contribution in [-0.2, 0) is 6.54 Å². The minimum atomic E-state index is -1.01. The molecule has 8 heteroatoms. The van der Waals surface area contributed by atoms with Gasteiger partial charge < -0.3 is 15.3 Å². The van der Waals surface area contributed by atoms with Gasteiger partial charge in [0.05, 0.1) is 12.1 Å². The smallest absolute Gasteiger partial charge is 0.335 e. The van der Waals surface area contributed by atoms with Crippen molar-refractivity contribution in [2.24, 2.45) is 0 Å². The second-order valence-electron chi connectivity index (χ2n) is 4.10. The maximum absolute atomic E-state index is 11.9. The van der Waals surface area contributed by atoms with Crippen molar-refractivity contribution in [3.05, 3.63) is 42.0 Å². The van der Waals surface area contributed by atoms with Crippen molar-refractivity contribution in [1.29, 1.82) is 0 Å². The van der Waals surface area contributed by atoms with Gasteiger partial charge in [-0.15, -0.1) is 0 Å². The normalized spacial score (nSPS) is 10.1. The number of urea groups is 1. The Hall–Kier alpha value is -2.90. The SMILES string of the molecule is CN(Cc1ncn[nH]1)C(=O)Nc1ccc(C(=O)O)cc1. The first-order valence-corrected chi connectivity index (χ1v) is 5.76. The molecule has 1 heterocycles. The van der Waals surface area contributed by atoms with Crippen LogP contribution in [0.1, 0.15) is 16.2 Å².